The second kappa shape index (κ2) is 8.33. The second-order valence-corrected chi connectivity index (χ2v) is 6.53. The summed E-state index contributed by atoms with van der Waals surface area (Å²) in [6.45, 7) is 6.50. The predicted molar refractivity (Wildman–Crippen MR) is 91.8 cm³/mol. The van der Waals surface area contributed by atoms with Gasteiger partial charge >= 0.3 is 0 Å². The van der Waals surface area contributed by atoms with E-state index in [1.54, 1.807) is 0 Å². The van der Waals surface area contributed by atoms with Crippen molar-refractivity contribution in [2.45, 2.75) is 58.5 Å². The van der Waals surface area contributed by atoms with Gasteiger partial charge in [0.15, 0.2) is 0 Å². The summed E-state index contributed by atoms with van der Waals surface area (Å²) in [4.78, 5) is 16.8. The third-order valence-corrected chi connectivity index (χ3v) is 4.93. The molecule has 0 radical (unpaired) electrons. The number of carbonyl (C=O) groups is 1. The molecule has 122 valence electrons. The van der Waals surface area contributed by atoms with Crippen molar-refractivity contribution in [3.8, 4) is 0 Å². The van der Waals surface area contributed by atoms with Crippen LogP contribution in [0, 0.1) is 6.92 Å². The lowest BCUT2D eigenvalue weighted by atomic mass is 9.94. The van der Waals surface area contributed by atoms with E-state index in [1.807, 2.05) is 24.1 Å². The predicted octanol–water partition coefficient (Wildman–Crippen LogP) is 3.61. The number of carbonyl (C=O) groups excluding carboxylic acids is 1. The van der Waals surface area contributed by atoms with E-state index in [4.69, 9.17) is 0 Å². The van der Waals surface area contributed by atoms with Crippen LogP contribution in [0.1, 0.15) is 50.2 Å². The van der Waals surface area contributed by atoms with Crippen molar-refractivity contribution in [2.75, 3.05) is 20.1 Å². The molecule has 0 atom stereocenters. The molecule has 1 aromatic rings. The van der Waals surface area contributed by atoms with E-state index < -0.39 is 0 Å². The molecule has 0 unspecified atom stereocenters. The molecule has 2 rings (SSSR count). The second-order valence-electron chi connectivity index (χ2n) is 6.53. The molecular weight excluding hydrogens is 272 g/mol. The van der Waals surface area contributed by atoms with Gasteiger partial charge in [0.1, 0.15) is 0 Å². The van der Waals surface area contributed by atoms with Crippen LogP contribution in [0.5, 0.6) is 0 Å². The van der Waals surface area contributed by atoms with E-state index in [0.29, 0.717) is 19.1 Å². The van der Waals surface area contributed by atoms with E-state index >= 15 is 0 Å². The summed E-state index contributed by atoms with van der Waals surface area (Å²) in [5, 5.41) is 0. The number of likely N-dealkylation sites (N-methyl/N-ethyl adjacent to an activating group) is 2. The van der Waals surface area contributed by atoms with Crippen LogP contribution in [0.2, 0.25) is 0 Å². The lowest BCUT2D eigenvalue weighted by Gasteiger charge is -2.34. The number of hydrogen-bond donors (Lipinski definition) is 0. The zero-order chi connectivity index (χ0) is 15.9. The molecule has 0 saturated heterocycles. The molecule has 0 spiro atoms. The number of hydrogen-bond acceptors (Lipinski definition) is 2. The molecule has 1 saturated carbocycles. The van der Waals surface area contributed by atoms with E-state index in [1.165, 1.54) is 43.2 Å². The van der Waals surface area contributed by atoms with E-state index in [-0.39, 0.29) is 5.91 Å². The Morgan fingerprint density at radius 1 is 1.18 bits per heavy atom. The molecule has 3 heteroatoms. The monoisotopic (exact) mass is 302 g/mol. The number of nitrogens with zero attached hydrogens (tertiary/aromatic N) is 2. The molecule has 1 amide bonds. The maximum atomic E-state index is 12.6. The molecule has 3 nitrogen and oxygen atoms in total. The van der Waals surface area contributed by atoms with Gasteiger partial charge in [-0.1, -0.05) is 50.5 Å². The van der Waals surface area contributed by atoms with Crippen LogP contribution in [-0.4, -0.2) is 41.9 Å². The van der Waals surface area contributed by atoms with Crippen molar-refractivity contribution >= 4 is 5.91 Å². The molecule has 1 aromatic carbocycles. The Morgan fingerprint density at radius 3 is 2.50 bits per heavy atom. The SMILES string of the molecule is CCN(CC(=O)N(C)Cc1ccccc1C)C1CCCCC1. The fraction of sp³-hybridized carbons (Fsp3) is 0.632. The first-order valence-corrected chi connectivity index (χ1v) is 8.64. The maximum absolute atomic E-state index is 12.6. The van der Waals surface area contributed by atoms with Crippen LogP contribution >= 0.6 is 0 Å². The highest BCUT2D eigenvalue weighted by atomic mass is 16.2. The molecule has 1 aliphatic carbocycles. The Balaban J connectivity index is 1.90. The van der Waals surface area contributed by atoms with Crippen LogP contribution in [0.4, 0.5) is 0 Å². The molecule has 0 aromatic heterocycles. The Kier molecular flexibility index (Phi) is 6.44. The van der Waals surface area contributed by atoms with Gasteiger partial charge in [0.05, 0.1) is 6.54 Å². The molecule has 1 fully saturated rings. The minimum absolute atomic E-state index is 0.232. The average Bonchev–Trinajstić information content (AvgIpc) is 2.55. The van der Waals surface area contributed by atoms with Crippen molar-refractivity contribution in [3.63, 3.8) is 0 Å². The van der Waals surface area contributed by atoms with Gasteiger partial charge in [0.2, 0.25) is 5.91 Å². The summed E-state index contributed by atoms with van der Waals surface area (Å²) < 4.78 is 0. The highest BCUT2D eigenvalue weighted by Gasteiger charge is 2.23. The Bertz CT molecular complexity index is 480. The zero-order valence-corrected chi connectivity index (χ0v) is 14.3. The number of rotatable bonds is 6. The van der Waals surface area contributed by atoms with Gasteiger partial charge in [-0.15, -0.1) is 0 Å². The standard InChI is InChI=1S/C19H30N2O/c1-4-21(18-12-6-5-7-13-18)15-19(22)20(3)14-17-11-9-8-10-16(17)2/h8-11,18H,4-7,12-15H2,1-3H3. The third kappa shape index (κ3) is 4.57. The fourth-order valence-corrected chi connectivity index (χ4v) is 3.37. The molecule has 0 aliphatic heterocycles. The maximum Gasteiger partial charge on any atom is 0.236 e. The fourth-order valence-electron chi connectivity index (χ4n) is 3.37. The molecule has 22 heavy (non-hydrogen) atoms. The van der Waals surface area contributed by atoms with Crippen molar-refractivity contribution in [2.24, 2.45) is 0 Å². The first kappa shape index (κ1) is 17.0. The summed E-state index contributed by atoms with van der Waals surface area (Å²) in [7, 11) is 1.92. The lowest BCUT2D eigenvalue weighted by Crippen LogP contribution is -2.44. The quantitative estimate of drug-likeness (QED) is 0.801. The molecule has 0 bridgehead atoms. The number of benzene rings is 1. The Hall–Kier alpha value is -1.35. The minimum atomic E-state index is 0.232. The lowest BCUT2D eigenvalue weighted by molar-refractivity contribution is -0.132. The van der Waals surface area contributed by atoms with Crippen molar-refractivity contribution in [3.05, 3.63) is 35.4 Å². The van der Waals surface area contributed by atoms with Gasteiger partial charge in [0, 0.05) is 19.6 Å². The Morgan fingerprint density at radius 2 is 1.86 bits per heavy atom. The van der Waals surface area contributed by atoms with Gasteiger partial charge in [-0.3, -0.25) is 9.69 Å². The number of aryl methyl sites for hydroxylation is 1. The van der Waals surface area contributed by atoms with Gasteiger partial charge in [-0.05, 0) is 37.4 Å². The van der Waals surface area contributed by atoms with Crippen LogP contribution in [0.25, 0.3) is 0 Å². The highest BCUT2D eigenvalue weighted by molar-refractivity contribution is 5.78. The first-order valence-electron chi connectivity index (χ1n) is 8.64. The van der Waals surface area contributed by atoms with E-state index in [9.17, 15) is 4.79 Å². The topological polar surface area (TPSA) is 23.6 Å². The minimum Gasteiger partial charge on any atom is -0.340 e. The summed E-state index contributed by atoms with van der Waals surface area (Å²) >= 11 is 0. The van der Waals surface area contributed by atoms with Gasteiger partial charge < -0.3 is 4.90 Å². The third-order valence-electron chi connectivity index (χ3n) is 4.93. The largest absolute Gasteiger partial charge is 0.340 e. The number of amides is 1. The van der Waals surface area contributed by atoms with Crippen molar-refractivity contribution in [1.29, 1.82) is 0 Å². The summed E-state index contributed by atoms with van der Waals surface area (Å²) in [6, 6.07) is 8.91. The smallest absolute Gasteiger partial charge is 0.236 e. The molecule has 0 N–H and O–H groups in total. The van der Waals surface area contributed by atoms with Crippen LogP contribution in [0.3, 0.4) is 0 Å². The first-order chi connectivity index (χ1) is 10.6. The average molecular weight is 302 g/mol. The highest BCUT2D eigenvalue weighted by Crippen LogP contribution is 2.22. The normalized spacial score (nSPS) is 16.0. The van der Waals surface area contributed by atoms with Gasteiger partial charge in [-0.2, -0.15) is 0 Å². The zero-order valence-electron chi connectivity index (χ0n) is 14.3. The Labute approximate surface area is 135 Å². The summed E-state index contributed by atoms with van der Waals surface area (Å²) in [5.74, 6) is 0.232. The van der Waals surface area contributed by atoms with Gasteiger partial charge in [-0.25, -0.2) is 0 Å². The molecule has 1 aliphatic rings. The van der Waals surface area contributed by atoms with Crippen LogP contribution in [-0.2, 0) is 11.3 Å². The summed E-state index contributed by atoms with van der Waals surface area (Å²) in [6.07, 6.45) is 6.49. The van der Waals surface area contributed by atoms with E-state index in [2.05, 4.69) is 30.9 Å². The van der Waals surface area contributed by atoms with Crippen LogP contribution < -0.4 is 0 Å². The van der Waals surface area contributed by atoms with Crippen molar-refractivity contribution in [1.82, 2.24) is 9.80 Å². The summed E-state index contributed by atoms with van der Waals surface area (Å²) in [5.41, 5.74) is 2.49. The van der Waals surface area contributed by atoms with Gasteiger partial charge in [0.25, 0.3) is 0 Å². The molecular formula is C19H30N2O. The van der Waals surface area contributed by atoms with E-state index in [0.717, 1.165) is 6.54 Å². The molecule has 0 heterocycles. The van der Waals surface area contributed by atoms with Crippen LogP contribution in [0.15, 0.2) is 24.3 Å². The van der Waals surface area contributed by atoms with Crippen molar-refractivity contribution < 1.29 is 4.79 Å².